The second kappa shape index (κ2) is 5.31. The summed E-state index contributed by atoms with van der Waals surface area (Å²) in [5.41, 5.74) is -0.0838. The topological polar surface area (TPSA) is 66.0 Å². The Balaban J connectivity index is 2.03. The van der Waals surface area contributed by atoms with E-state index in [1.54, 1.807) is 6.07 Å². The Labute approximate surface area is 121 Å². The van der Waals surface area contributed by atoms with Gasteiger partial charge in [0, 0.05) is 5.92 Å². The van der Waals surface area contributed by atoms with Gasteiger partial charge in [-0.25, -0.2) is 4.39 Å². The van der Waals surface area contributed by atoms with Crippen molar-refractivity contribution in [2.45, 2.75) is 32.1 Å². The number of aromatic hydroxyl groups is 1. The number of nitrogens with one attached hydrogen (secondary N) is 1. The van der Waals surface area contributed by atoms with Crippen LogP contribution in [0, 0.1) is 11.7 Å². The molecule has 1 aliphatic carbocycles. The largest absolute Gasteiger partial charge is 0.493 e. The molecule has 2 atom stereocenters. The lowest BCUT2D eigenvalue weighted by atomic mass is 10.0. The van der Waals surface area contributed by atoms with E-state index in [-0.39, 0.29) is 17.4 Å². The van der Waals surface area contributed by atoms with E-state index in [0.717, 1.165) is 19.3 Å². The first-order valence-electron chi connectivity index (χ1n) is 7.13. The molecule has 1 aliphatic rings. The van der Waals surface area contributed by atoms with Gasteiger partial charge in [-0.3, -0.25) is 4.79 Å². The minimum atomic E-state index is -0.458. The predicted octanol–water partition coefficient (Wildman–Crippen LogP) is 3.19. The number of benzene rings is 1. The van der Waals surface area contributed by atoms with Crippen molar-refractivity contribution in [2.75, 3.05) is 0 Å². The Morgan fingerprint density at radius 1 is 1.38 bits per heavy atom. The molecule has 0 aliphatic heterocycles. The Morgan fingerprint density at radius 2 is 2.19 bits per heavy atom. The van der Waals surface area contributed by atoms with Gasteiger partial charge in [-0.2, -0.15) is 4.98 Å². The van der Waals surface area contributed by atoms with Crippen LogP contribution < -0.4 is 5.56 Å². The average Bonchev–Trinajstić information content (AvgIpc) is 2.85. The Bertz CT molecular complexity index is 726. The predicted molar refractivity (Wildman–Crippen MR) is 77.7 cm³/mol. The maximum absolute atomic E-state index is 13.3. The molecule has 110 valence electrons. The zero-order valence-corrected chi connectivity index (χ0v) is 11.8. The van der Waals surface area contributed by atoms with Crippen LogP contribution in [0.25, 0.3) is 11.1 Å². The number of rotatable bonds is 2. The zero-order chi connectivity index (χ0) is 15.0. The molecule has 5 heteroatoms. The normalized spacial score (nSPS) is 21.6. The fourth-order valence-electron chi connectivity index (χ4n) is 3.03. The third-order valence-electron chi connectivity index (χ3n) is 4.11. The summed E-state index contributed by atoms with van der Waals surface area (Å²) in [6.45, 7) is 2.17. The SMILES string of the molecule is CC1CCC(c2nc(O)c(-c3cccc(F)c3)c(=O)[nH]2)C1. The van der Waals surface area contributed by atoms with Gasteiger partial charge in [-0.1, -0.05) is 19.1 Å². The van der Waals surface area contributed by atoms with Crippen LogP contribution in [-0.2, 0) is 0 Å². The molecule has 0 spiro atoms. The first-order valence-corrected chi connectivity index (χ1v) is 7.13. The lowest BCUT2D eigenvalue weighted by Crippen LogP contribution is -2.16. The van der Waals surface area contributed by atoms with Crippen molar-refractivity contribution in [3.8, 4) is 17.0 Å². The Kier molecular flexibility index (Phi) is 3.49. The molecule has 2 N–H and O–H groups in total. The molecule has 1 aromatic carbocycles. The third kappa shape index (κ3) is 2.68. The van der Waals surface area contributed by atoms with Gasteiger partial charge in [0.15, 0.2) is 0 Å². The van der Waals surface area contributed by atoms with E-state index in [2.05, 4.69) is 16.9 Å². The smallest absolute Gasteiger partial charge is 0.262 e. The molecular formula is C16H17FN2O2. The number of hydrogen-bond acceptors (Lipinski definition) is 3. The summed E-state index contributed by atoms with van der Waals surface area (Å²) in [4.78, 5) is 19.1. The fourth-order valence-corrected chi connectivity index (χ4v) is 3.03. The molecule has 4 nitrogen and oxygen atoms in total. The van der Waals surface area contributed by atoms with Crippen molar-refractivity contribution in [3.05, 3.63) is 46.3 Å². The first kappa shape index (κ1) is 13.8. The summed E-state index contributed by atoms with van der Waals surface area (Å²) in [5.74, 6) is 0.520. The van der Waals surface area contributed by atoms with Crippen molar-refractivity contribution in [1.82, 2.24) is 9.97 Å². The van der Waals surface area contributed by atoms with Crippen LogP contribution in [0.2, 0.25) is 0 Å². The number of nitrogens with zero attached hydrogens (tertiary/aromatic N) is 1. The van der Waals surface area contributed by atoms with Crippen LogP contribution in [0.5, 0.6) is 5.88 Å². The van der Waals surface area contributed by atoms with Crippen LogP contribution in [0.15, 0.2) is 29.1 Å². The summed E-state index contributed by atoms with van der Waals surface area (Å²) < 4.78 is 13.3. The maximum Gasteiger partial charge on any atom is 0.262 e. The van der Waals surface area contributed by atoms with Crippen LogP contribution >= 0.6 is 0 Å². The van der Waals surface area contributed by atoms with E-state index in [1.807, 2.05) is 0 Å². The lowest BCUT2D eigenvalue weighted by molar-refractivity contribution is 0.445. The van der Waals surface area contributed by atoms with Gasteiger partial charge < -0.3 is 10.1 Å². The molecule has 2 aromatic rings. The number of halogens is 1. The number of aromatic amines is 1. The van der Waals surface area contributed by atoms with Gasteiger partial charge in [0.25, 0.3) is 5.56 Å². The van der Waals surface area contributed by atoms with Crippen LogP contribution in [0.4, 0.5) is 4.39 Å². The van der Waals surface area contributed by atoms with E-state index in [1.165, 1.54) is 18.2 Å². The molecule has 1 heterocycles. The van der Waals surface area contributed by atoms with Gasteiger partial charge in [0.2, 0.25) is 5.88 Å². The molecule has 0 saturated heterocycles. The molecule has 21 heavy (non-hydrogen) atoms. The van der Waals surface area contributed by atoms with Gasteiger partial charge in [0.1, 0.15) is 17.2 Å². The second-order valence-electron chi connectivity index (χ2n) is 5.78. The molecule has 3 rings (SSSR count). The maximum atomic E-state index is 13.3. The summed E-state index contributed by atoms with van der Waals surface area (Å²) in [6, 6.07) is 5.57. The van der Waals surface area contributed by atoms with Crippen LogP contribution in [-0.4, -0.2) is 15.1 Å². The van der Waals surface area contributed by atoms with Crippen molar-refractivity contribution in [2.24, 2.45) is 5.92 Å². The Morgan fingerprint density at radius 3 is 2.81 bits per heavy atom. The lowest BCUT2D eigenvalue weighted by Gasteiger charge is -2.11. The van der Waals surface area contributed by atoms with Gasteiger partial charge in [-0.15, -0.1) is 0 Å². The summed E-state index contributed by atoms with van der Waals surface area (Å²) >= 11 is 0. The molecule has 1 aromatic heterocycles. The number of H-pyrrole nitrogens is 1. The fraction of sp³-hybridized carbons (Fsp3) is 0.375. The van der Waals surface area contributed by atoms with E-state index < -0.39 is 11.4 Å². The first-order chi connectivity index (χ1) is 10.0. The van der Waals surface area contributed by atoms with E-state index in [9.17, 15) is 14.3 Å². The number of hydrogen-bond donors (Lipinski definition) is 2. The minimum absolute atomic E-state index is 0.0179. The van der Waals surface area contributed by atoms with Crippen LogP contribution in [0.3, 0.4) is 0 Å². The van der Waals surface area contributed by atoms with E-state index in [0.29, 0.717) is 17.3 Å². The highest BCUT2D eigenvalue weighted by molar-refractivity contribution is 5.67. The van der Waals surface area contributed by atoms with E-state index in [4.69, 9.17) is 0 Å². The molecular weight excluding hydrogens is 271 g/mol. The molecule has 0 radical (unpaired) electrons. The third-order valence-corrected chi connectivity index (χ3v) is 4.11. The standard InChI is InChI=1S/C16H17FN2O2/c1-9-5-6-11(7-9)14-18-15(20)13(16(21)19-14)10-3-2-4-12(17)8-10/h2-4,8-9,11H,5-7H2,1H3,(H2,18,19,20,21). The highest BCUT2D eigenvalue weighted by Crippen LogP contribution is 2.37. The summed E-state index contributed by atoms with van der Waals surface area (Å²) in [6.07, 6.45) is 3.02. The van der Waals surface area contributed by atoms with Crippen molar-refractivity contribution in [3.63, 3.8) is 0 Å². The van der Waals surface area contributed by atoms with Crippen molar-refractivity contribution in [1.29, 1.82) is 0 Å². The molecule has 1 fully saturated rings. The molecule has 0 bridgehead atoms. The zero-order valence-electron chi connectivity index (χ0n) is 11.8. The van der Waals surface area contributed by atoms with Gasteiger partial charge in [-0.05, 0) is 42.9 Å². The Hall–Kier alpha value is -2.17. The monoisotopic (exact) mass is 288 g/mol. The second-order valence-corrected chi connectivity index (χ2v) is 5.78. The summed E-state index contributed by atoms with van der Waals surface area (Å²) in [7, 11) is 0. The highest BCUT2D eigenvalue weighted by Gasteiger charge is 2.26. The highest BCUT2D eigenvalue weighted by atomic mass is 19.1. The molecule has 2 unspecified atom stereocenters. The van der Waals surface area contributed by atoms with Crippen molar-refractivity contribution >= 4 is 0 Å². The quantitative estimate of drug-likeness (QED) is 0.892. The average molecular weight is 288 g/mol. The van der Waals surface area contributed by atoms with Gasteiger partial charge in [0.05, 0.1) is 0 Å². The minimum Gasteiger partial charge on any atom is -0.493 e. The molecule has 0 amide bonds. The number of aromatic nitrogens is 2. The van der Waals surface area contributed by atoms with Gasteiger partial charge >= 0.3 is 0 Å². The summed E-state index contributed by atoms with van der Waals surface area (Å²) in [5, 5.41) is 10.1. The van der Waals surface area contributed by atoms with Crippen LogP contribution in [0.1, 0.15) is 37.9 Å². The van der Waals surface area contributed by atoms with E-state index >= 15 is 0 Å². The van der Waals surface area contributed by atoms with Crippen molar-refractivity contribution < 1.29 is 9.50 Å². The molecule has 1 saturated carbocycles.